The number of nitrogens with one attached hydrogen (secondary N) is 1. The van der Waals surface area contributed by atoms with E-state index < -0.39 is 34.7 Å². The van der Waals surface area contributed by atoms with Crippen LogP contribution in [-0.2, 0) is 0 Å². The van der Waals surface area contributed by atoms with E-state index in [0.29, 0.717) is 6.07 Å². The molecule has 110 valence electrons. The normalized spacial score (nSPS) is 10.5. The average molecular weight is 316 g/mol. The Morgan fingerprint density at radius 2 is 1.95 bits per heavy atom. The minimum absolute atomic E-state index is 0.0196. The molecule has 0 bridgehead atoms. The first-order chi connectivity index (χ1) is 9.81. The van der Waals surface area contributed by atoms with Crippen LogP contribution in [0.1, 0.15) is 27.8 Å². The van der Waals surface area contributed by atoms with Crippen molar-refractivity contribution < 1.29 is 27.9 Å². The van der Waals surface area contributed by atoms with Crippen molar-refractivity contribution in [2.24, 2.45) is 0 Å². The zero-order valence-corrected chi connectivity index (χ0v) is 11.2. The Bertz CT molecular complexity index is 746. The summed E-state index contributed by atoms with van der Waals surface area (Å²) in [5.74, 6) is -7.98. The van der Waals surface area contributed by atoms with E-state index in [-0.39, 0.29) is 16.6 Å². The fraction of sp³-hybridized carbons (Fsp3) is 0.0833. The molecule has 0 unspecified atom stereocenters. The lowest BCUT2D eigenvalue weighted by molar-refractivity contribution is 0.100. The number of halogens is 3. The molecule has 0 atom stereocenters. The summed E-state index contributed by atoms with van der Waals surface area (Å²) in [6.07, 6.45) is 0. The Hall–Kier alpha value is -2.42. The SMILES string of the molecule is CC(=O)c1csc(NC(=O)c2cc(F)c(F)c(O)c2F)n1. The Morgan fingerprint density at radius 3 is 2.52 bits per heavy atom. The molecule has 0 aliphatic heterocycles. The van der Waals surface area contributed by atoms with Gasteiger partial charge >= 0.3 is 0 Å². The van der Waals surface area contributed by atoms with Crippen molar-refractivity contribution in [2.45, 2.75) is 6.92 Å². The van der Waals surface area contributed by atoms with Crippen LogP contribution in [0.15, 0.2) is 11.4 Å². The Kier molecular flexibility index (Phi) is 3.94. The Morgan fingerprint density at radius 1 is 1.29 bits per heavy atom. The number of nitrogens with zero attached hydrogens (tertiary/aromatic N) is 1. The molecular formula is C12H7F3N2O3S. The molecular weight excluding hydrogens is 309 g/mol. The van der Waals surface area contributed by atoms with Gasteiger partial charge in [-0.15, -0.1) is 11.3 Å². The van der Waals surface area contributed by atoms with Crippen molar-refractivity contribution in [3.63, 3.8) is 0 Å². The third-order valence-corrected chi connectivity index (χ3v) is 3.22. The molecule has 1 aromatic carbocycles. The van der Waals surface area contributed by atoms with Gasteiger partial charge in [0.05, 0.1) is 5.56 Å². The van der Waals surface area contributed by atoms with Gasteiger partial charge in [0.25, 0.3) is 5.91 Å². The molecule has 2 rings (SSSR count). The number of aromatic hydroxyl groups is 1. The van der Waals surface area contributed by atoms with Gasteiger partial charge in [-0.05, 0) is 6.07 Å². The Balaban J connectivity index is 2.30. The summed E-state index contributed by atoms with van der Waals surface area (Å²) in [5.41, 5.74) is -0.783. The molecule has 21 heavy (non-hydrogen) atoms. The summed E-state index contributed by atoms with van der Waals surface area (Å²) >= 11 is 0.902. The number of benzene rings is 1. The van der Waals surface area contributed by atoms with Gasteiger partial charge in [-0.3, -0.25) is 14.9 Å². The number of phenols is 1. The number of Topliss-reactive ketones (excluding diaryl/α,β-unsaturated/α-hetero) is 1. The molecule has 2 N–H and O–H groups in total. The van der Waals surface area contributed by atoms with Crippen molar-refractivity contribution >= 4 is 28.2 Å². The number of phenolic OH excluding ortho intramolecular Hbond substituents is 1. The topological polar surface area (TPSA) is 79.3 Å². The maximum atomic E-state index is 13.5. The number of anilines is 1. The summed E-state index contributed by atoms with van der Waals surface area (Å²) < 4.78 is 39.5. The van der Waals surface area contributed by atoms with Crippen LogP contribution in [0.3, 0.4) is 0 Å². The summed E-state index contributed by atoms with van der Waals surface area (Å²) in [6.45, 7) is 1.27. The van der Waals surface area contributed by atoms with Crippen LogP contribution >= 0.6 is 11.3 Å². The molecule has 0 fully saturated rings. The third-order valence-electron chi connectivity index (χ3n) is 2.46. The molecule has 1 aromatic heterocycles. The molecule has 1 heterocycles. The second-order valence-electron chi connectivity index (χ2n) is 3.93. The predicted molar refractivity (Wildman–Crippen MR) is 68.1 cm³/mol. The quantitative estimate of drug-likeness (QED) is 0.674. The standard InChI is InChI=1S/C12H7F3N2O3S/c1-4(18)7-3-21-12(16-7)17-11(20)5-2-6(13)9(15)10(19)8(5)14/h2-3,19H,1H3,(H,16,17,20). The van der Waals surface area contributed by atoms with Gasteiger partial charge in [0, 0.05) is 12.3 Å². The van der Waals surface area contributed by atoms with Gasteiger partial charge in [-0.2, -0.15) is 4.39 Å². The van der Waals surface area contributed by atoms with Crippen LogP contribution < -0.4 is 5.32 Å². The highest BCUT2D eigenvalue weighted by Crippen LogP contribution is 2.26. The first kappa shape index (κ1) is 15.0. The lowest BCUT2D eigenvalue weighted by Gasteiger charge is -2.06. The van der Waals surface area contributed by atoms with Crippen LogP contribution in [0.4, 0.5) is 18.3 Å². The zero-order valence-electron chi connectivity index (χ0n) is 10.4. The smallest absolute Gasteiger partial charge is 0.260 e. The van der Waals surface area contributed by atoms with Gasteiger partial charge in [-0.1, -0.05) is 0 Å². The van der Waals surface area contributed by atoms with Gasteiger partial charge in [0.1, 0.15) is 5.69 Å². The van der Waals surface area contributed by atoms with E-state index in [1.807, 2.05) is 0 Å². The highest BCUT2D eigenvalue weighted by molar-refractivity contribution is 7.14. The zero-order chi connectivity index (χ0) is 15.7. The van der Waals surface area contributed by atoms with E-state index in [1.54, 1.807) is 0 Å². The highest BCUT2D eigenvalue weighted by Gasteiger charge is 2.23. The van der Waals surface area contributed by atoms with E-state index in [0.717, 1.165) is 11.3 Å². The van der Waals surface area contributed by atoms with Crippen LogP contribution in [-0.4, -0.2) is 21.8 Å². The van der Waals surface area contributed by atoms with E-state index in [1.165, 1.54) is 12.3 Å². The van der Waals surface area contributed by atoms with Crippen molar-refractivity contribution in [1.82, 2.24) is 4.98 Å². The molecule has 1 amide bonds. The van der Waals surface area contributed by atoms with Crippen molar-refractivity contribution in [3.05, 3.63) is 40.2 Å². The molecule has 0 spiro atoms. The summed E-state index contributed by atoms with van der Waals surface area (Å²) in [6, 6.07) is 0.319. The largest absolute Gasteiger partial charge is 0.503 e. The fourth-order valence-electron chi connectivity index (χ4n) is 1.41. The van der Waals surface area contributed by atoms with Gasteiger partial charge in [0.15, 0.2) is 28.3 Å². The number of rotatable bonds is 3. The van der Waals surface area contributed by atoms with E-state index in [2.05, 4.69) is 10.3 Å². The number of aromatic nitrogens is 1. The average Bonchev–Trinajstić information content (AvgIpc) is 2.89. The first-order valence-electron chi connectivity index (χ1n) is 5.45. The number of hydrogen-bond acceptors (Lipinski definition) is 5. The number of hydrogen-bond donors (Lipinski definition) is 2. The number of carbonyl (C=O) groups excluding carboxylic acids is 2. The predicted octanol–water partition coefficient (Wildman–Crippen LogP) is 2.72. The summed E-state index contributed by atoms with van der Waals surface area (Å²) in [7, 11) is 0. The molecule has 0 saturated heterocycles. The minimum atomic E-state index is -1.78. The van der Waals surface area contributed by atoms with E-state index in [4.69, 9.17) is 5.11 Å². The van der Waals surface area contributed by atoms with Crippen molar-refractivity contribution in [1.29, 1.82) is 0 Å². The minimum Gasteiger partial charge on any atom is -0.503 e. The molecule has 0 aliphatic rings. The lowest BCUT2D eigenvalue weighted by Crippen LogP contribution is -2.15. The number of ketones is 1. The molecule has 0 aliphatic carbocycles. The number of amides is 1. The van der Waals surface area contributed by atoms with Crippen LogP contribution in [0.5, 0.6) is 5.75 Å². The van der Waals surface area contributed by atoms with Crippen LogP contribution in [0.25, 0.3) is 0 Å². The maximum absolute atomic E-state index is 13.5. The van der Waals surface area contributed by atoms with Crippen molar-refractivity contribution in [3.8, 4) is 5.75 Å². The van der Waals surface area contributed by atoms with Crippen LogP contribution in [0.2, 0.25) is 0 Å². The number of carbonyl (C=O) groups is 2. The molecule has 5 nitrogen and oxygen atoms in total. The fourth-order valence-corrected chi connectivity index (χ4v) is 2.16. The van der Waals surface area contributed by atoms with Gasteiger partial charge < -0.3 is 5.11 Å². The van der Waals surface area contributed by atoms with Gasteiger partial charge in [0.2, 0.25) is 5.82 Å². The van der Waals surface area contributed by atoms with E-state index >= 15 is 0 Å². The lowest BCUT2D eigenvalue weighted by atomic mass is 10.1. The second-order valence-corrected chi connectivity index (χ2v) is 4.79. The molecule has 0 radical (unpaired) electrons. The van der Waals surface area contributed by atoms with Crippen molar-refractivity contribution in [2.75, 3.05) is 5.32 Å². The first-order valence-corrected chi connectivity index (χ1v) is 6.33. The second kappa shape index (κ2) is 5.52. The maximum Gasteiger partial charge on any atom is 0.260 e. The molecule has 2 aromatic rings. The number of thiazole rings is 1. The third kappa shape index (κ3) is 2.87. The summed E-state index contributed by atoms with van der Waals surface area (Å²) in [4.78, 5) is 26.6. The Labute approximate surface area is 120 Å². The monoisotopic (exact) mass is 316 g/mol. The van der Waals surface area contributed by atoms with E-state index in [9.17, 15) is 22.8 Å². The van der Waals surface area contributed by atoms with Gasteiger partial charge in [-0.25, -0.2) is 13.8 Å². The molecule has 0 saturated carbocycles. The van der Waals surface area contributed by atoms with Crippen LogP contribution in [0, 0.1) is 17.5 Å². The summed E-state index contributed by atoms with van der Waals surface area (Å²) in [5, 5.41) is 12.5. The highest BCUT2D eigenvalue weighted by atomic mass is 32.1. The molecule has 9 heteroatoms.